The summed E-state index contributed by atoms with van der Waals surface area (Å²) in [6.45, 7) is 0. The van der Waals surface area contributed by atoms with Crippen molar-refractivity contribution >= 4 is 34.4 Å². The van der Waals surface area contributed by atoms with Gasteiger partial charge in [0.1, 0.15) is 0 Å². The van der Waals surface area contributed by atoms with Gasteiger partial charge < -0.3 is 19.5 Å². The van der Waals surface area contributed by atoms with Crippen LogP contribution in [-0.4, -0.2) is 45.1 Å². The molecule has 1 unspecified atom stereocenters. The maximum absolute atomic E-state index is 13.4. The molecule has 1 N–H and O–H groups in total. The SMILES string of the molecule is COc1ccc(N2C(=O)C(O)=C(C(=O)c3cccs3)C2c2ccc(N(C)C)cc2)cc1OC. The minimum atomic E-state index is -0.804. The second-order valence-electron chi connectivity index (χ2n) is 7.67. The predicted molar refractivity (Wildman–Crippen MR) is 129 cm³/mol. The molecule has 0 saturated heterocycles. The average Bonchev–Trinajstić information content (AvgIpc) is 3.46. The lowest BCUT2D eigenvalue weighted by atomic mass is 9.95. The summed E-state index contributed by atoms with van der Waals surface area (Å²) in [5, 5.41) is 12.7. The van der Waals surface area contributed by atoms with E-state index in [1.807, 2.05) is 43.3 Å². The van der Waals surface area contributed by atoms with E-state index in [0.29, 0.717) is 27.6 Å². The van der Waals surface area contributed by atoms with Crippen LogP contribution in [0.5, 0.6) is 11.5 Å². The summed E-state index contributed by atoms with van der Waals surface area (Å²) >= 11 is 1.26. The molecular formula is C25H24N2O5S. The van der Waals surface area contributed by atoms with Gasteiger partial charge in [-0.05, 0) is 41.3 Å². The van der Waals surface area contributed by atoms with E-state index < -0.39 is 17.7 Å². The molecule has 1 aliphatic heterocycles. The number of hydrogen-bond donors (Lipinski definition) is 1. The highest BCUT2D eigenvalue weighted by atomic mass is 32.1. The normalized spacial score (nSPS) is 15.7. The molecule has 7 nitrogen and oxygen atoms in total. The van der Waals surface area contributed by atoms with Gasteiger partial charge in [-0.15, -0.1) is 11.3 Å². The number of rotatable bonds is 7. The van der Waals surface area contributed by atoms with Crippen LogP contribution in [0.15, 0.2) is 71.3 Å². The summed E-state index contributed by atoms with van der Waals surface area (Å²) in [6.07, 6.45) is 0. The maximum Gasteiger partial charge on any atom is 0.294 e. The number of amides is 1. The van der Waals surface area contributed by atoms with E-state index in [-0.39, 0.29) is 11.4 Å². The molecule has 170 valence electrons. The topological polar surface area (TPSA) is 79.3 Å². The van der Waals surface area contributed by atoms with Crippen LogP contribution in [-0.2, 0) is 4.79 Å². The van der Waals surface area contributed by atoms with Crippen LogP contribution in [0.25, 0.3) is 0 Å². The highest BCUT2D eigenvalue weighted by Crippen LogP contribution is 2.44. The number of anilines is 2. The molecule has 0 bridgehead atoms. The standard InChI is InChI=1S/C25H24N2O5S/c1-26(2)16-9-7-15(8-10-16)22-21(23(28)20-6-5-13-33-20)24(29)25(30)27(22)17-11-12-18(31-3)19(14-17)32-4/h5-14,22,29H,1-4H3. The first kappa shape index (κ1) is 22.4. The van der Waals surface area contributed by atoms with E-state index in [2.05, 4.69) is 0 Å². The van der Waals surface area contributed by atoms with Crippen molar-refractivity contribution in [2.45, 2.75) is 6.04 Å². The molecule has 4 rings (SSSR count). The molecular weight excluding hydrogens is 440 g/mol. The molecule has 2 heterocycles. The second-order valence-corrected chi connectivity index (χ2v) is 8.62. The number of carbonyl (C=O) groups is 2. The highest BCUT2D eigenvalue weighted by Gasteiger charge is 2.45. The van der Waals surface area contributed by atoms with E-state index in [9.17, 15) is 14.7 Å². The van der Waals surface area contributed by atoms with Crippen molar-refractivity contribution in [1.29, 1.82) is 0 Å². The molecule has 3 aromatic rings. The lowest BCUT2D eigenvalue weighted by Gasteiger charge is -2.28. The Hall–Kier alpha value is -3.78. The predicted octanol–water partition coefficient (Wildman–Crippen LogP) is 4.61. The number of ketones is 1. The van der Waals surface area contributed by atoms with E-state index >= 15 is 0 Å². The lowest BCUT2D eigenvalue weighted by Crippen LogP contribution is -2.31. The zero-order valence-electron chi connectivity index (χ0n) is 18.7. The fraction of sp³-hybridized carbons (Fsp3) is 0.200. The highest BCUT2D eigenvalue weighted by molar-refractivity contribution is 7.12. The first-order valence-corrected chi connectivity index (χ1v) is 11.1. The number of thiophene rings is 1. The molecule has 33 heavy (non-hydrogen) atoms. The fourth-order valence-electron chi connectivity index (χ4n) is 3.89. The van der Waals surface area contributed by atoms with Crippen LogP contribution < -0.4 is 19.3 Å². The zero-order chi connectivity index (χ0) is 23.7. The van der Waals surface area contributed by atoms with Gasteiger partial charge in [0, 0.05) is 31.5 Å². The van der Waals surface area contributed by atoms with E-state index in [4.69, 9.17) is 9.47 Å². The summed E-state index contributed by atoms with van der Waals surface area (Å²) in [6, 6.07) is 15.2. The molecule has 2 aromatic carbocycles. The third kappa shape index (κ3) is 3.93. The van der Waals surface area contributed by atoms with Gasteiger partial charge in [-0.2, -0.15) is 0 Å². The number of methoxy groups -OCH3 is 2. The van der Waals surface area contributed by atoms with Crippen LogP contribution in [0.4, 0.5) is 11.4 Å². The Morgan fingerprint density at radius 1 is 1.03 bits per heavy atom. The van der Waals surface area contributed by atoms with Crippen molar-refractivity contribution in [3.8, 4) is 11.5 Å². The Kier molecular flexibility index (Phi) is 6.11. The van der Waals surface area contributed by atoms with Gasteiger partial charge in [0.05, 0.1) is 30.7 Å². The van der Waals surface area contributed by atoms with Crippen LogP contribution in [0, 0.1) is 0 Å². The number of Topliss-reactive ketones (excluding diaryl/α,β-unsaturated/α-hetero) is 1. The van der Waals surface area contributed by atoms with Gasteiger partial charge >= 0.3 is 0 Å². The summed E-state index contributed by atoms with van der Waals surface area (Å²) in [4.78, 5) is 30.5. The number of nitrogens with zero attached hydrogens (tertiary/aromatic N) is 2. The number of carbonyl (C=O) groups excluding carboxylic acids is 2. The van der Waals surface area contributed by atoms with E-state index in [1.54, 1.807) is 35.7 Å². The molecule has 0 aliphatic carbocycles. The Balaban J connectivity index is 1.87. The zero-order valence-corrected chi connectivity index (χ0v) is 19.6. The molecule has 0 radical (unpaired) electrons. The van der Waals surface area contributed by atoms with Gasteiger partial charge in [-0.1, -0.05) is 18.2 Å². The minimum Gasteiger partial charge on any atom is -0.503 e. The molecule has 1 aromatic heterocycles. The molecule has 0 fully saturated rings. The van der Waals surface area contributed by atoms with Crippen LogP contribution in [0.1, 0.15) is 21.3 Å². The van der Waals surface area contributed by atoms with Crippen molar-refractivity contribution in [1.82, 2.24) is 0 Å². The molecule has 1 atom stereocenters. The second kappa shape index (κ2) is 8.99. The number of aliphatic hydroxyl groups excluding tert-OH is 1. The van der Waals surface area contributed by atoms with Gasteiger partial charge in [-0.25, -0.2) is 0 Å². The summed E-state index contributed by atoms with van der Waals surface area (Å²) in [7, 11) is 6.90. The molecule has 0 saturated carbocycles. The largest absolute Gasteiger partial charge is 0.503 e. The van der Waals surface area contributed by atoms with Crippen LogP contribution >= 0.6 is 11.3 Å². The van der Waals surface area contributed by atoms with Crippen LogP contribution in [0.3, 0.4) is 0 Å². The lowest BCUT2D eigenvalue weighted by molar-refractivity contribution is -0.117. The molecule has 1 aliphatic rings. The molecule has 8 heteroatoms. The number of hydrogen-bond acceptors (Lipinski definition) is 7. The average molecular weight is 465 g/mol. The monoisotopic (exact) mass is 464 g/mol. The number of benzene rings is 2. The van der Waals surface area contributed by atoms with Gasteiger partial charge in [0.15, 0.2) is 17.3 Å². The summed E-state index contributed by atoms with van der Waals surface area (Å²) in [5.41, 5.74) is 2.20. The van der Waals surface area contributed by atoms with E-state index in [0.717, 1.165) is 5.69 Å². The molecule has 1 amide bonds. The Bertz CT molecular complexity index is 1220. The quantitative estimate of drug-likeness (QED) is 0.514. The minimum absolute atomic E-state index is 0.0508. The third-order valence-electron chi connectivity index (χ3n) is 5.57. The van der Waals surface area contributed by atoms with Crippen molar-refractivity contribution in [2.75, 3.05) is 38.1 Å². The Morgan fingerprint density at radius 2 is 1.73 bits per heavy atom. The molecule has 0 spiro atoms. The maximum atomic E-state index is 13.4. The first-order chi connectivity index (χ1) is 15.9. The fourth-order valence-corrected chi connectivity index (χ4v) is 4.57. The van der Waals surface area contributed by atoms with Crippen molar-refractivity contribution in [3.05, 3.63) is 81.8 Å². The Labute approximate surface area is 196 Å². The Morgan fingerprint density at radius 3 is 2.30 bits per heavy atom. The van der Waals surface area contributed by atoms with Gasteiger partial charge in [0.2, 0.25) is 5.78 Å². The first-order valence-electron chi connectivity index (χ1n) is 10.2. The summed E-state index contributed by atoms with van der Waals surface area (Å²) < 4.78 is 10.7. The smallest absolute Gasteiger partial charge is 0.294 e. The van der Waals surface area contributed by atoms with Crippen molar-refractivity contribution in [3.63, 3.8) is 0 Å². The van der Waals surface area contributed by atoms with Crippen molar-refractivity contribution in [2.24, 2.45) is 0 Å². The van der Waals surface area contributed by atoms with Crippen LogP contribution in [0.2, 0.25) is 0 Å². The number of aliphatic hydroxyl groups is 1. The van der Waals surface area contributed by atoms with Gasteiger partial charge in [-0.3, -0.25) is 14.5 Å². The van der Waals surface area contributed by atoms with Gasteiger partial charge in [0.25, 0.3) is 5.91 Å². The third-order valence-corrected chi connectivity index (χ3v) is 6.44. The number of ether oxygens (including phenoxy) is 2. The summed E-state index contributed by atoms with van der Waals surface area (Å²) in [5.74, 6) is -0.636. The van der Waals surface area contributed by atoms with Crippen molar-refractivity contribution < 1.29 is 24.2 Å². The van der Waals surface area contributed by atoms with E-state index in [1.165, 1.54) is 30.5 Å².